The van der Waals surface area contributed by atoms with E-state index in [1.165, 1.54) is 32.1 Å². The molecule has 0 unspecified atom stereocenters. The average Bonchev–Trinajstić information content (AvgIpc) is 2.93. The van der Waals surface area contributed by atoms with Gasteiger partial charge >= 0.3 is 0 Å². The van der Waals surface area contributed by atoms with Crippen LogP contribution in [-0.2, 0) is 4.74 Å². The third-order valence-corrected chi connectivity index (χ3v) is 2.50. The van der Waals surface area contributed by atoms with Gasteiger partial charge in [0.1, 0.15) is 0 Å². The maximum atomic E-state index is 5.50. The van der Waals surface area contributed by atoms with Crippen LogP contribution >= 0.6 is 0 Å². The van der Waals surface area contributed by atoms with Gasteiger partial charge in [-0.25, -0.2) is 0 Å². The number of hydrogen-bond acceptors (Lipinski definition) is 2. The normalized spacial score (nSPS) is 16.4. The van der Waals surface area contributed by atoms with Crippen molar-refractivity contribution in [3.05, 3.63) is 0 Å². The smallest absolute Gasteiger partial charge is 0.0590 e. The van der Waals surface area contributed by atoms with Crippen molar-refractivity contribution in [2.75, 3.05) is 26.3 Å². The molecule has 0 aromatic heterocycles. The Kier molecular flexibility index (Phi) is 6.21. The predicted molar refractivity (Wildman–Crippen MR) is 55.9 cm³/mol. The molecule has 1 rings (SSSR count). The van der Waals surface area contributed by atoms with E-state index in [9.17, 15) is 0 Å². The first-order valence-corrected chi connectivity index (χ1v) is 5.72. The first-order valence-electron chi connectivity index (χ1n) is 5.72. The summed E-state index contributed by atoms with van der Waals surface area (Å²) in [7, 11) is 0. The minimum Gasteiger partial charge on any atom is -0.380 e. The Bertz CT molecular complexity index is 113. The van der Waals surface area contributed by atoms with Crippen LogP contribution in [0.25, 0.3) is 0 Å². The van der Waals surface area contributed by atoms with Crippen molar-refractivity contribution in [2.24, 2.45) is 5.92 Å². The Balaban J connectivity index is 1.63. The van der Waals surface area contributed by atoms with E-state index >= 15 is 0 Å². The van der Waals surface area contributed by atoms with Crippen LogP contribution in [0.2, 0.25) is 0 Å². The van der Waals surface area contributed by atoms with Crippen LogP contribution < -0.4 is 5.32 Å². The molecule has 2 nitrogen and oxygen atoms in total. The highest BCUT2D eigenvalue weighted by Gasteiger charge is 2.20. The summed E-state index contributed by atoms with van der Waals surface area (Å²) in [5.74, 6) is 1.01. The third kappa shape index (κ3) is 7.03. The Labute approximate surface area is 82.0 Å². The standard InChI is InChI=1S/C11H23NO/c1-2-3-7-12-8-10-13-9-6-11-4-5-11/h11-12H,2-10H2,1H3. The Morgan fingerprint density at radius 2 is 2.08 bits per heavy atom. The lowest BCUT2D eigenvalue weighted by Crippen LogP contribution is -2.20. The summed E-state index contributed by atoms with van der Waals surface area (Å²) in [5, 5.41) is 3.37. The summed E-state index contributed by atoms with van der Waals surface area (Å²) in [5.41, 5.74) is 0. The van der Waals surface area contributed by atoms with Crippen LogP contribution in [0.3, 0.4) is 0 Å². The van der Waals surface area contributed by atoms with E-state index in [-0.39, 0.29) is 0 Å². The van der Waals surface area contributed by atoms with E-state index in [2.05, 4.69) is 12.2 Å². The average molecular weight is 185 g/mol. The molecule has 0 amide bonds. The van der Waals surface area contributed by atoms with Crippen molar-refractivity contribution in [3.63, 3.8) is 0 Å². The van der Waals surface area contributed by atoms with Gasteiger partial charge in [-0.1, -0.05) is 26.2 Å². The molecule has 0 heterocycles. The Morgan fingerprint density at radius 1 is 1.23 bits per heavy atom. The molecule has 0 spiro atoms. The predicted octanol–water partition coefficient (Wildman–Crippen LogP) is 2.19. The molecule has 0 bridgehead atoms. The number of ether oxygens (including phenoxy) is 1. The lowest BCUT2D eigenvalue weighted by atomic mass is 10.3. The second kappa shape index (κ2) is 7.34. The topological polar surface area (TPSA) is 21.3 Å². The molecule has 0 aromatic carbocycles. The first-order chi connectivity index (χ1) is 6.43. The van der Waals surface area contributed by atoms with E-state index in [0.717, 1.165) is 32.2 Å². The molecule has 0 saturated heterocycles. The van der Waals surface area contributed by atoms with Gasteiger partial charge in [-0.05, 0) is 25.3 Å². The van der Waals surface area contributed by atoms with Gasteiger partial charge in [0.25, 0.3) is 0 Å². The van der Waals surface area contributed by atoms with Crippen molar-refractivity contribution in [3.8, 4) is 0 Å². The van der Waals surface area contributed by atoms with Crippen LogP contribution in [0.1, 0.15) is 39.0 Å². The zero-order valence-corrected chi connectivity index (χ0v) is 8.85. The summed E-state index contributed by atoms with van der Waals surface area (Å²) >= 11 is 0. The minimum absolute atomic E-state index is 0.885. The highest BCUT2D eigenvalue weighted by atomic mass is 16.5. The van der Waals surface area contributed by atoms with Gasteiger partial charge in [-0.15, -0.1) is 0 Å². The molecular formula is C11H23NO. The fourth-order valence-electron chi connectivity index (χ4n) is 1.33. The fourth-order valence-corrected chi connectivity index (χ4v) is 1.33. The molecule has 0 radical (unpaired) electrons. The van der Waals surface area contributed by atoms with Crippen LogP contribution in [0.15, 0.2) is 0 Å². The molecule has 0 aliphatic heterocycles. The monoisotopic (exact) mass is 185 g/mol. The molecule has 1 aliphatic rings. The summed E-state index contributed by atoms with van der Waals surface area (Å²) in [6.07, 6.45) is 6.72. The van der Waals surface area contributed by atoms with Gasteiger partial charge < -0.3 is 10.1 Å². The van der Waals surface area contributed by atoms with E-state index in [1.807, 2.05) is 0 Å². The van der Waals surface area contributed by atoms with Gasteiger partial charge in [-0.2, -0.15) is 0 Å². The van der Waals surface area contributed by atoms with Gasteiger partial charge in [-0.3, -0.25) is 0 Å². The number of rotatable bonds is 9. The van der Waals surface area contributed by atoms with Crippen LogP contribution in [-0.4, -0.2) is 26.3 Å². The minimum atomic E-state index is 0.885. The molecule has 1 fully saturated rings. The van der Waals surface area contributed by atoms with E-state index in [1.54, 1.807) is 0 Å². The molecule has 1 saturated carbocycles. The van der Waals surface area contributed by atoms with Crippen LogP contribution in [0, 0.1) is 5.92 Å². The highest BCUT2D eigenvalue weighted by Crippen LogP contribution is 2.31. The largest absolute Gasteiger partial charge is 0.380 e. The lowest BCUT2D eigenvalue weighted by Gasteiger charge is -2.04. The van der Waals surface area contributed by atoms with E-state index < -0.39 is 0 Å². The molecule has 1 aliphatic carbocycles. The second-order valence-corrected chi connectivity index (χ2v) is 3.95. The molecule has 78 valence electrons. The van der Waals surface area contributed by atoms with Gasteiger partial charge in [0.2, 0.25) is 0 Å². The molecule has 0 aromatic rings. The van der Waals surface area contributed by atoms with Crippen molar-refractivity contribution in [2.45, 2.75) is 39.0 Å². The number of nitrogens with one attached hydrogen (secondary N) is 1. The maximum absolute atomic E-state index is 5.50. The lowest BCUT2D eigenvalue weighted by molar-refractivity contribution is 0.130. The molecule has 0 atom stereocenters. The summed E-state index contributed by atoms with van der Waals surface area (Å²) in [6, 6.07) is 0. The van der Waals surface area contributed by atoms with Gasteiger partial charge in [0.05, 0.1) is 6.61 Å². The summed E-state index contributed by atoms with van der Waals surface area (Å²) in [4.78, 5) is 0. The fraction of sp³-hybridized carbons (Fsp3) is 1.00. The van der Waals surface area contributed by atoms with Crippen molar-refractivity contribution in [1.29, 1.82) is 0 Å². The Hall–Kier alpha value is -0.0800. The maximum Gasteiger partial charge on any atom is 0.0590 e. The van der Waals surface area contributed by atoms with Crippen LogP contribution in [0.5, 0.6) is 0 Å². The molecule has 1 N–H and O–H groups in total. The summed E-state index contributed by atoms with van der Waals surface area (Å²) in [6.45, 7) is 6.23. The quantitative estimate of drug-likeness (QED) is 0.556. The zero-order valence-electron chi connectivity index (χ0n) is 8.85. The highest BCUT2D eigenvalue weighted by molar-refractivity contribution is 4.72. The van der Waals surface area contributed by atoms with E-state index in [4.69, 9.17) is 4.74 Å². The van der Waals surface area contributed by atoms with Gasteiger partial charge in [0.15, 0.2) is 0 Å². The molecule has 13 heavy (non-hydrogen) atoms. The van der Waals surface area contributed by atoms with Crippen LogP contribution in [0.4, 0.5) is 0 Å². The Morgan fingerprint density at radius 3 is 2.77 bits per heavy atom. The third-order valence-electron chi connectivity index (χ3n) is 2.50. The zero-order chi connectivity index (χ0) is 9.36. The van der Waals surface area contributed by atoms with Gasteiger partial charge in [0, 0.05) is 13.2 Å². The number of unbranched alkanes of at least 4 members (excludes halogenated alkanes) is 1. The summed E-state index contributed by atoms with van der Waals surface area (Å²) < 4.78 is 5.50. The number of hydrogen-bond donors (Lipinski definition) is 1. The second-order valence-electron chi connectivity index (χ2n) is 3.95. The van der Waals surface area contributed by atoms with E-state index in [0.29, 0.717) is 0 Å². The van der Waals surface area contributed by atoms with Crippen molar-refractivity contribution >= 4 is 0 Å². The SMILES string of the molecule is CCCCNCCOCCC1CC1. The van der Waals surface area contributed by atoms with Crippen molar-refractivity contribution in [1.82, 2.24) is 5.32 Å². The first kappa shape index (κ1) is 11.0. The molecule has 2 heteroatoms. The molecular weight excluding hydrogens is 162 g/mol. The van der Waals surface area contributed by atoms with Crippen molar-refractivity contribution < 1.29 is 4.74 Å².